The number of para-hydroxylation sites is 1. The third kappa shape index (κ3) is 5.47. The fraction of sp³-hybridized carbons (Fsp3) is 0.222. The van der Waals surface area contributed by atoms with Gasteiger partial charge >= 0.3 is 5.97 Å². The number of hydrogen-bond acceptors (Lipinski definition) is 4. The Kier molecular flexibility index (Phi) is 6.17. The second kappa shape index (κ2) is 8.58. The van der Waals surface area contributed by atoms with Crippen LogP contribution in [0.2, 0.25) is 0 Å². The summed E-state index contributed by atoms with van der Waals surface area (Å²) in [6.07, 6.45) is 0.366. The molecule has 5 nitrogen and oxygen atoms in total. The first-order valence-electron chi connectivity index (χ1n) is 7.28. The van der Waals surface area contributed by atoms with Crippen LogP contribution in [-0.2, 0) is 20.7 Å². The van der Waals surface area contributed by atoms with Gasteiger partial charge in [-0.15, -0.1) is 0 Å². The van der Waals surface area contributed by atoms with Crippen LogP contribution in [-0.4, -0.2) is 31.6 Å². The number of ether oxygens (including phenoxy) is 2. The molecule has 1 N–H and O–H groups in total. The van der Waals surface area contributed by atoms with Crippen molar-refractivity contribution < 1.29 is 19.1 Å². The zero-order chi connectivity index (χ0) is 16.5. The number of amides is 1. The number of carbonyl (C=O) groups excluding carboxylic acids is 2. The Balaban J connectivity index is 1.91. The maximum absolute atomic E-state index is 12.0. The lowest BCUT2D eigenvalue weighted by atomic mass is 10.1. The van der Waals surface area contributed by atoms with Gasteiger partial charge in [0.1, 0.15) is 11.8 Å². The van der Waals surface area contributed by atoms with Crippen LogP contribution in [0.15, 0.2) is 60.7 Å². The summed E-state index contributed by atoms with van der Waals surface area (Å²) in [5.74, 6) is -0.262. The van der Waals surface area contributed by atoms with Crippen LogP contribution in [0.3, 0.4) is 0 Å². The molecule has 1 atom stereocenters. The first-order chi connectivity index (χ1) is 11.2. The summed E-state index contributed by atoms with van der Waals surface area (Å²) in [5, 5.41) is 2.65. The van der Waals surface area contributed by atoms with Crippen molar-refractivity contribution in [2.24, 2.45) is 0 Å². The Morgan fingerprint density at radius 1 is 1.00 bits per heavy atom. The molecule has 0 radical (unpaired) electrons. The second-order valence-electron chi connectivity index (χ2n) is 4.93. The Labute approximate surface area is 135 Å². The minimum atomic E-state index is -0.741. The van der Waals surface area contributed by atoms with Gasteiger partial charge in [-0.3, -0.25) is 4.79 Å². The largest absolute Gasteiger partial charge is 0.484 e. The smallest absolute Gasteiger partial charge is 0.328 e. The third-order valence-corrected chi connectivity index (χ3v) is 3.22. The molecule has 120 valence electrons. The zero-order valence-corrected chi connectivity index (χ0v) is 12.9. The van der Waals surface area contributed by atoms with E-state index in [1.165, 1.54) is 7.11 Å². The number of carbonyl (C=O) groups is 2. The van der Waals surface area contributed by atoms with Gasteiger partial charge in [-0.05, 0) is 17.7 Å². The number of rotatable bonds is 7. The standard InChI is InChI=1S/C18H19NO4/c1-22-18(21)16(12-14-8-4-2-5-9-14)19-17(20)13-23-15-10-6-3-7-11-15/h2-11,16H,12-13H2,1H3,(H,19,20). The van der Waals surface area contributed by atoms with Crippen molar-refractivity contribution in [2.45, 2.75) is 12.5 Å². The van der Waals surface area contributed by atoms with E-state index in [0.717, 1.165) is 5.56 Å². The van der Waals surface area contributed by atoms with E-state index in [2.05, 4.69) is 5.32 Å². The summed E-state index contributed by atoms with van der Waals surface area (Å²) in [6.45, 7) is -0.160. The van der Waals surface area contributed by atoms with Crippen molar-refractivity contribution in [3.8, 4) is 5.75 Å². The summed E-state index contributed by atoms with van der Waals surface area (Å²) >= 11 is 0. The molecule has 0 heterocycles. The molecular weight excluding hydrogens is 294 g/mol. The minimum absolute atomic E-state index is 0.160. The highest BCUT2D eigenvalue weighted by Gasteiger charge is 2.22. The molecule has 0 aliphatic heterocycles. The van der Waals surface area contributed by atoms with Crippen molar-refractivity contribution in [2.75, 3.05) is 13.7 Å². The highest BCUT2D eigenvalue weighted by atomic mass is 16.5. The topological polar surface area (TPSA) is 64.6 Å². The molecule has 0 fully saturated rings. The van der Waals surface area contributed by atoms with Gasteiger partial charge in [-0.25, -0.2) is 4.79 Å². The van der Waals surface area contributed by atoms with Crippen LogP contribution >= 0.6 is 0 Å². The van der Waals surface area contributed by atoms with Gasteiger partial charge in [0.25, 0.3) is 5.91 Å². The molecule has 0 saturated heterocycles. The van der Waals surface area contributed by atoms with Crippen LogP contribution in [0.25, 0.3) is 0 Å². The summed E-state index contributed by atoms with van der Waals surface area (Å²) < 4.78 is 10.1. The quantitative estimate of drug-likeness (QED) is 0.794. The molecule has 0 aromatic heterocycles. The monoisotopic (exact) mass is 313 g/mol. The average Bonchev–Trinajstić information content (AvgIpc) is 2.60. The van der Waals surface area contributed by atoms with Gasteiger partial charge in [-0.2, -0.15) is 0 Å². The molecule has 0 spiro atoms. The molecule has 0 aliphatic rings. The van der Waals surface area contributed by atoms with Gasteiger partial charge in [0, 0.05) is 6.42 Å². The number of methoxy groups -OCH3 is 1. The fourth-order valence-corrected chi connectivity index (χ4v) is 2.09. The van der Waals surface area contributed by atoms with Crippen LogP contribution in [0.5, 0.6) is 5.75 Å². The Bertz CT molecular complexity index is 628. The molecule has 23 heavy (non-hydrogen) atoms. The number of benzene rings is 2. The number of hydrogen-bond donors (Lipinski definition) is 1. The normalized spacial score (nSPS) is 11.3. The summed E-state index contributed by atoms with van der Waals surface area (Å²) in [4.78, 5) is 23.8. The van der Waals surface area contributed by atoms with Crippen LogP contribution in [0.4, 0.5) is 0 Å². The van der Waals surface area contributed by atoms with Gasteiger partial charge in [0.15, 0.2) is 6.61 Å². The van der Waals surface area contributed by atoms with E-state index < -0.39 is 12.0 Å². The van der Waals surface area contributed by atoms with Crippen molar-refractivity contribution >= 4 is 11.9 Å². The minimum Gasteiger partial charge on any atom is -0.484 e. The van der Waals surface area contributed by atoms with E-state index in [4.69, 9.17) is 9.47 Å². The zero-order valence-electron chi connectivity index (χ0n) is 12.9. The van der Waals surface area contributed by atoms with E-state index >= 15 is 0 Å². The Hall–Kier alpha value is -2.82. The number of nitrogens with one attached hydrogen (secondary N) is 1. The van der Waals surface area contributed by atoms with Gasteiger partial charge < -0.3 is 14.8 Å². The molecule has 2 rings (SSSR count). The van der Waals surface area contributed by atoms with Crippen LogP contribution in [0.1, 0.15) is 5.56 Å². The lowest BCUT2D eigenvalue weighted by Crippen LogP contribution is -2.44. The molecule has 0 saturated carbocycles. The third-order valence-electron chi connectivity index (χ3n) is 3.22. The van der Waals surface area contributed by atoms with Crippen LogP contribution in [0, 0.1) is 0 Å². The first-order valence-corrected chi connectivity index (χ1v) is 7.28. The van der Waals surface area contributed by atoms with Crippen molar-refractivity contribution in [3.63, 3.8) is 0 Å². The Morgan fingerprint density at radius 3 is 2.22 bits per heavy atom. The van der Waals surface area contributed by atoms with Crippen molar-refractivity contribution in [3.05, 3.63) is 66.2 Å². The lowest BCUT2D eigenvalue weighted by molar-refractivity contribution is -0.145. The highest BCUT2D eigenvalue weighted by Crippen LogP contribution is 2.08. The Morgan fingerprint density at radius 2 is 1.61 bits per heavy atom. The van der Waals surface area contributed by atoms with Gasteiger partial charge in [0.2, 0.25) is 0 Å². The molecule has 1 unspecified atom stereocenters. The first kappa shape index (κ1) is 16.5. The molecule has 5 heteroatoms. The van der Waals surface area contributed by atoms with Crippen molar-refractivity contribution in [1.82, 2.24) is 5.32 Å². The molecule has 2 aromatic carbocycles. The molecule has 0 bridgehead atoms. The fourth-order valence-electron chi connectivity index (χ4n) is 2.09. The second-order valence-corrected chi connectivity index (χ2v) is 4.93. The number of esters is 1. The molecular formula is C18H19NO4. The predicted molar refractivity (Wildman–Crippen MR) is 86.0 cm³/mol. The summed E-state index contributed by atoms with van der Waals surface area (Å²) in [5.41, 5.74) is 0.937. The van der Waals surface area contributed by atoms with E-state index in [-0.39, 0.29) is 12.5 Å². The predicted octanol–water partition coefficient (Wildman–Crippen LogP) is 1.97. The lowest BCUT2D eigenvalue weighted by Gasteiger charge is -2.17. The molecule has 1 amide bonds. The van der Waals surface area contributed by atoms with E-state index in [0.29, 0.717) is 12.2 Å². The molecule has 2 aromatic rings. The van der Waals surface area contributed by atoms with E-state index in [9.17, 15) is 9.59 Å². The van der Waals surface area contributed by atoms with Gasteiger partial charge in [-0.1, -0.05) is 48.5 Å². The van der Waals surface area contributed by atoms with E-state index in [1.54, 1.807) is 12.1 Å². The molecule has 0 aliphatic carbocycles. The average molecular weight is 313 g/mol. The van der Waals surface area contributed by atoms with E-state index in [1.807, 2.05) is 48.5 Å². The van der Waals surface area contributed by atoms with Crippen LogP contribution < -0.4 is 10.1 Å². The van der Waals surface area contributed by atoms with Crippen molar-refractivity contribution in [1.29, 1.82) is 0 Å². The summed E-state index contributed by atoms with van der Waals surface area (Å²) in [6, 6.07) is 17.7. The van der Waals surface area contributed by atoms with Gasteiger partial charge in [0.05, 0.1) is 7.11 Å². The maximum atomic E-state index is 12.0. The maximum Gasteiger partial charge on any atom is 0.328 e. The summed E-state index contributed by atoms with van der Waals surface area (Å²) in [7, 11) is 1.30. The highest BCUT2D eigenvalue weighted by molar-refractivity contribution is 5.85. The SMILES string of the molecule is COC(=O)C(Cc1ccccc1)NC(=O)COc1ccccc1.